The predicted molar refractivity (Wildman–Crippen MR) is 379 cm³/mol. The number of nitrogens with two attached hydrogens (primary N) is 16. The molecule has 0 saturated heterocycles. The van der Waals surface area contributed by atoms with E-state index in [9.17, 15) is 62.3 Å². The summed E-state index contributed by atoms with van der Waals surface area (Å²) in [6.07, 6.45) is -0.554. The van der Waals surface area contributed by atoms with Crippen molar-refractivity contribution in [3.05, 3.63) is 0 Å². The molecular formula is C57H110N32O13. The van der Waals surface area contributed by atoms with Gasteiger partial charge in [-0.1, -0.05) is 0 Å². The van der Waals surface area contributed by atoms with Gasteiger partial charge in [0.05, 0.1) is 6.54 Å². The van der Waals surface area contributed by atoms with Gasteiger partial charge in [-0.2, -0.15) is 0 Å². The molecule has 45 nitrogen and oxygen atoms in total. The molecule has 0 saturated carbocycles. The van der Waals surface area contributed by atoms with Crippen molar-refractivity contribution in [1.29, 1.82) is 0 Å². The van der Waals surface area contributed by atoms with Crippen molar-refractivity contribution in [2.24, 2.45) is 122 Å². The number of hydrogen-bond donors (Lipinski definition) is 26. The molecule has 45 heteroatoms. The van der Waals surface area contributed by atoms with Crippen LogP contribution in [0, 0.1) is 0 Å². The molecule has 0 aromatic heterocycles. The van der Waals surface area contributed by atoms with Crippen molar-refractivity contribution in [1.82, 2.24) is 53.2 Å². The Labute approximate surface area is 590 Å². The first-order chi connectivity index (χ1) is 48.2. The molecule has 0 heterocycles. The minimum atomic E-state index is -1.72. The lowest BCUT2D eigenvalue weighted by molar-refractivity contribution is -0.136. The molecule has 0 aliphatic heterocycles. The zero-order valence-electron chi connectivity index (χ0n) is 57.5. The molecule has 0 aromatic rings. The van der Waals surface area contributed by atoms with Crippen LogP contribution in [0.5, 0.6) is 0 Å². The van der Waals surface area contributed by atoms with E-state index in [1.165, 1.54) is 0 Å². The number of aldehydes is 1. The monoisotopic (exact) mass is 1450 g/mol. The van der Waals surface area contributed by atoms with Gasteiger partial charge >= 0.3 is 0 Å². The number of aliphatic imine (C=N–C) groups is 6. The Morgan fingerprint density at radius 3 is 0.716 bits per heavy atom. The largest absolute Gasteiger partial charge is 0.370 e. The fourth-order valence-corrected chi connectivity index (χ4v) is 9.36. The van der Waals surface area contributed by atoms with E-state index in [-0.39, 0.29) is 197 Å². The van der Waals surface area contributed by atoms with Crippen molar-refractivity contribution >= 4 is 113 Å². The van der Waals surface area contributed by atoms with E-state index >= 15 is 0 Å². The zero-order chi connectivity index (χ0) is 77.1. The third-order valence-electron chi connectivity index (χ3n) is 14.5. The Kier molecular flexibility index (Phi) is 47.1. The Balaban J connectivity index is 7.64. The van der Waals surface area contributed by atoms with Crippen LogP contribution in [0.1, 0.15) is 128 Å². The van der Waals surface area contributed by atoms with E-state index in [2.05, 4.69) is 83.1 Å². The summed E-state index contributed by atoms with van der Waals surface area (Å²) in [5, 5.41) is 25.2. The van der Waals surface area contributed by atoms with E-state index in [0.29, 0.717) is 12.8 Å². The van der Waals surface area contributed by atoms with Gasteiger partial charge in [-0.05, 0) is 135 Å². The van der Waals surface area contributed by atoms with Crippen LogP contribution < -0.4 is 145 Å². The van der Waals surface area contributed by atoms with Crippen molar-refractivity contribution in [2.45, 2.75) is 183 Å². The van der Waals surface area contributed by atoms with Crippen LogP contribution in [-0.2, 0) is 62.3 Å². The van der Waals surface area contributed by atoms with Gasteiger partial charge in [-0.15, -0.1) is 0 Å². The lowest BCUT2D eigenvalue weighted by Gasteiger charge is -2.28. The van der Waals surface area contributed by atoms with Gasteiger partial charge in [0.25, 0.3) is 5.91 Å². The zero-order valence-corrected chi connectivity index (χ0v) is 57.5. The molecule has 12 amide bonds. The van der Waals surface area contributed by atoms with Gasteiger partial charge in [-0.3, -0.25) is 92.3 Å². The van der Waals surface area contributed by atoms with Crippen LogP contribution in [0.15, 0.2) is 30.0 Å². The minimum absolute atomic E-state index is 0.0132. The van der Waals surface area contributed by atoms with Crippen LogP contribution in [0.4, 0.5) is 0 Å². The number of hydrogen-bond acceptors (Lipinski definition) is 21. The number of carbonyl (C=O) groups excluding carboxylic acids is 13. The molecule has 9 atom stereocenters. The second-order valence-corrected chi connectivity index (χ2v) is 23.1. The van der Waals surface area contributed by atoms with Gasteiger partial charge < -0.3 is 145 Å². The minimum Gasteiger partial charge on any atom is -0.370 e. The quantitative estimate of drug-likeness (QED) is 0.00884. The highest BCUT2D eigenvalue weighted by Gasteiger charge is 2.36. The first kappa shape index (κ1) is 90.8. The molecule has 0 spiro atoms. The Bertz CT molecular complexity index is 2890. The second kappa shape index (κ2) is 52.8. The average Bonchev–Trinajstić information content (AvgIpc) is 0.866. The first-order valence-corrected chi connectivity index (χ1v) is 33.0. The first-order valence-electron chi connectivity index (χ1n) is 33.0. The Hall–Kier alpha value is -11.1. The van der Waals surface area contributed by atoms with Crippen LogP contribution in [0.2, 0.25) is 0 Å². The summed E-state index contributed by atoms with van der Waals surface area (Å²) in [6.45, 7) is -0.519. The summed E-state index contributed by atoms with van der Waals surface area (Å²) < 4.78 is 0. The maximum atomic E-state index is 14.7. The van der Waals surface area contributed by atoms with Crippen molar-refractivity contribution in [2.75, 3.05) is 58.9 Å². The van der Waals surface area contributed by atoms with E-state index in [4.69, 9.17) is 91.7 Å². The number of primary amides is 2. The highest BCUT2D eigenvalue weighted by atomic mass is 16.2. The third kappa shape index (κ3) is 44.0. The highest BCUT2D eigenvalue weighted by Crippen LogP contribution is 2.13. The summed E-state index contributed by atoms with van der Waals surface area (Å²) in [5.41, 5.74) is 88.9. The lowest BCUT2D eigenvalue weighted by atomic mass is 10.0. The van der Waals surface area contributed by atoms with Crippen molar-refractivity contribution in [3.8, 4) is 0 Å². The molecular weight excluding hydrogens is 1340 g/mol. The number of amides is 12. The van der Waals surface area contributed by atoms with E-state index < -0.39 is 145 Å². The van der Waals surface area contributed by atoms with Crippen LogP contribution >= 0.6 is 0 Å². The summed E-state index contributed by atoms with van der Waals surface area (Å²) in [4.78, 5) is 199. The summed E-state index contributed by atoms with van der Waals surface area (Å²) >= 11 is 0. The smallest absolute Gasteiger partial charge is 0.284 e. The Morgan fingerprint density at radius 2 is 0.500 bits per heavy atom. The summed E-state index contributed by atoms with van der Waals surface area (Å²) in [6, 6.07) is -13.4. The average molecular weight is 1450 g/mol. The van der Waals surface area contributed by atoms with Crippen LogP contribution in [0.25, 0.3) is 0 Å². The number of guanidine groups is 6. The summed E-state index contributed by atoms with van der Waals surface area (Å²) in [7, 11) is 0. The molecule has 0 aromatic carbocycles. The third-order valence-corrected chi connectivity index (χ3v) is 14.5. The molecule has 0 radical (unpaired) electrons. The number of unbranched alkanes of at least 4 members (excludes halogenated alkanes) is 2. The van der Waals surface area contributed by atoms with Crippen molar-refractivity contribution in [3.63, 3.8) is 0 Å². The molecule has 0 aliphatic rings. The van der Waals surface area contributed by atoms with E-state index in [1.54, 1.807) is 0 Å². The van der Waals surface area contributed by atoms with E-state index in [0.717, 1.165) is 0 Å². The SMILES string of the molecule is NCCCC[C@H](NC(=O)[C@H](CCCN=C(N)N)NC(=O)CNC(=O)C=O)C(=O)N[C@@H](CCCCN)C(=O)N[C@@H](CCCN=C(N)N)C(=O)N[C@@H](CCCN=C(N)N)C(=O)N[C@@H](CCC(N)=O)C(=O)N[C@@H](CCCN=C(N)N)C(=O)N[C@@H](CCCN=C(N)N)C(=O)N[C@@H](CCCN=C(N)N)C(N)=O. The lowest BCUT2D eigenvalue weighted by Crippen LogP contribution is -2.60. The van der Waals surface area contributed by atoms with Gasteiger partial charge in [0.1, 0.15) is 54.4 Å². The van der Waals surface area contributed by atoms with Crippen molar-refractivity contribution < 1.29 is 62.3 Å². The van der Waals surface area contributed by atoms with Gasteiger partial charge in [0, 0.05) is 45.7 Å². The van der Waals surface area contributed by atoms with Gasteiger partial charge in [0.15, 0.2) is 35.8 Å². The number of nitrogens with one attached hydrogen (secondary N) is 10. The molecule has 0 unspecified atom stereocenters. The molecule has 576 valence electrons. The molecule has 0 rings (SSSR count). The van der Waals surface area contributed by atoms with E-state index in [1.807, 2.05) is 0 Å². The number of nitrogens with zero attached hydrogens (tertiary/aromatic N) is 6. The maximum absolute atomic E-state index is 14.7. The highest BCUT2D eigenvalue weighted by molar-refractivity contribution is 6.24. The fourth-order valence-electron chi connectivity index (χ4n) is 9.36. The van der Waals surface area contributed by atoms with Gasteiger partial charge in [-0.25, -0.2) is 0 Å². The number of rotatable bonds is 56. The van der Waals surface area contributed by atoms with Crippen LogP contribution in [-0.4, -0.2) is 226 Å². The molecule has 42 N–H and O–H groups in total. The molecule has 0 bridgehead atoms. The molecule has 0 fully saturated rings. The maximum Gasteiger partial charge on any atom is 0.284 e. The second-order valence-electron chi connectivity index (χ2n) is 23.1. The number of carbonyl (C=O) groups is 13. The molecule has 102 heavy (non-hydrogen) atoms. The molecule has 0 aliphatic carbocycles. The van der Waals surface area contributed by atoms with Crippen LogP contribution in [0.3, 0.4) is 0 Å². The normalized spacial score (nSPS) is 13.3. The summed E-state index contributed by atoms with van der Waals surface area (Å²) in [5.74, 6) is -13.2. The Morgan fingerprint density at radius 1 is 0.284 bits per heavy atom. The fraction of sp³-hybridized carbons (Fsp3) is 0.667. The standard InChI is InChI=1S/C57H110N32O13/c58-21-3-1-11-33(83-44(95)32(14-6-24-75-53(64)65)81-41(92)29-80-42(93)30-90)46(97)84-34(12-2-4-22-59)47(98)86-36(16-8-26-77-55(68)69)48(99)87-38(18-10-28-79-57(72)73)50(101)89-39(19-20-40(60)91)51(102)88-37(17-9-27-78-56(70)71)49(100)85-35(15-7-25-76-54(66)67)45(96)82-31(43(61)94)13-5-23-74-52(62)63/h30-39H,1-29,58-59H2,(H2,60,91)(H2,61,94)(H,80,93)(H,81,92)(H,82,96)(H,83,95)(H,84,97)(H,85,100)(H,86,98)(H,87,99)(H,88,102)(H,89,101)(H4,62,63,74)(H4,64,65,75)(H4,66,67,76)(H4,68,69,77)(H4,70,71,78)(H4,72,73,79)/t31-,32-,33-,34-,35-,36-,37-,38-,39-/m0/s1. The topological polar surface area (TPSA) is 833 Å². The van der Waals surface area contributed by atoms with Gasteiger partial charge in [0.2, 0.25) is 71.3 Å². The predicted octanol–water partition coefficient (Wildman–Crippen LogP) is -13.0.